The van der Waals surface area contributed by atoms with E-state index in [4.69, 9.17) is 16.3 Å². The summed E-state index contributed by atoms with van der Waals surface area (Å²) in [6.45, 7) is 4.57. The number of nitro benzene ring substituents is 1. The zero-order chi connectivity index (χ0) is 22.6. The molecule has 1 aromatic heterocycles. The zero-order valence-corrected chi connectivity index (χ0v) is 18.2. The molecule has 9 nitrogen and oxygen atoms in total. The Morgan fingerprint density at radius 1 is 1.13 bits per heavy atom. The van der Waals surface area contributed by atoms with Gasteiger partial charge in [0.2, 0.25) is 5.88 Å². The van der Waals surface area contributed by atoms with E-state index in [0.717, 1.165) is 12.1 Å². The van der Waals surface area contributed by atoms with Crippen LogP contribution in [0.5, 0.6) is 5.88 Å². The van der Waals surface area contributed by atoms with Crippen molar-refractivity contribution in [3.8, 4) is 17.1 Å². The van der Waals surface area contributed by atoms with E-state index in [-0.39, 0.29) is 21.3 Å². The predicted molar refractivity (Wildman–Crippen MR) is 117 cm³/mol. The van der Waals surface area contributed by atoms with Crippen LogP contribution in [0.15, 0.2) is 59.5 Å². The van der Waals surface area contributed by atoms with Gasteiger partial charge in [0.1, 0.15) is 4.90 Å². The Morgan fingerprint density at radius 3 is 2.55 bits per heavy atom. The number of sulfonamides is 1. The molecular weight excluding hydrogens is 444 g/mol. The van der Waals surface area contributed by atoms with Gasteiger partial charge in [0.05, 0.1) is 22.2 Å². The predicted octanol–water partition coefficient (Wildman–Crippen LogP) is 4.54. The van der Waals surface area contributed by atoms with E-state index in [0.29, 0.717) is 29.7 Å². The number of non-ortho nitro benzene ring substituents is 1. The molecule has 2 aromatic carbocycles. The summed E-state index contributed by atoms with van der Waals surface area (Å²) in [6.07, 6.45) is 0. The minimum atomic E-state index is -4.16. The van der Waals surface area contributed by atoms with Crippen molar-refractivity contribution in [1.82, 2.24) is 10.2 Å². The molecule has 0 bridgehead atoms. The van der Waals surface area contributed by atoms with Crippen LogP contribution in [0.2, 0.25) is 5.02 Å². The quantitative estimate of drug-likeness (QED) is 0.384. The van der Waals surface area contributed by atoms with Gasteiger partial charge in [-0.25, -0.2) is 8.42 Å². The molecule has 11 heteroatoms. The lowest BCUT2D eigenvalue weighted by Gasteiger charge is -2.11. The summed E-state index contributed by atoms with van der Waals surface area (Å²) >= 11 is 5.97. The second kappa shape index (κ2) is 9.27. The molecule has 0 aliphatic rings. The number of nitro groups is 1. The summed E-state index contributed by atoms with van der Waals surface area (Å²) in [7, 11) is -4.16. The Bertz CT molecular complexity index is 1200. The molecule has 0 radical (unpaired) electrons. The van der Waals surface area contributed by atoms with E-state index in [2.05, 4.69) is 14.9 Å². The number of hydrogen-bond donors (Lipinski definition) is 1. The molecule has 1 N–H and O–H groups in total. The Balaban J connectivity index is 1.84. The van der Waals surface area contributed by atoms with Crippen LogP contribution in [0.25, 0.3) is 11.3 Å². The smallest absolute Gasteiger partial charge is 0.270 e. The molecule has 0 fully saturated rings. The van der Waals surface area contributed by atoms with Crippen LogP contribution in [-0.4, -0.2) is 30.1 Å². The summed E-state index contributed by atoms with van der Waals surface area (Å²) < 4.78 is 33.4. The fourth-order valence-corrected chi connectivity index (χ4v) is 4.14. The molecule has 162 valence electrons. The van der Waals surface area contributed by atoms with Gasteiger partial charge in [-0.05, 0) is 30.2 Å². The molecule has 0 unspecified atom stereocenters. The number of nitrogens with one attached hydrogen (secondary N) is 1. The molecule has 0 aliphatic heterocycles. The van der Waals surface area contributed by atoms with Crippen molar-refractivity contribution in [3.05, 3.63) is 69.7 Å². The van der Waals surface area contributed by atoms with E-state index in [9.17, 15) is 18.5 Å². The molecular formula is C20H19ClN4O5S. The highest BCUT2D eigenvalue weighted by Crippen LogP contribution is 2.29. The minimum Gasteiger partial charge on any atom is -0.476 e. The van der Waals surface area contributed by atoms with E-state index >= 15 is 0 Å². The first-order valence-electron chi connectivity index (χ1n) is 9.19. The summed E-state index contributed by atoms with van der Waals surface area (Å²) in [5.41, 5.74) is 0.996. The van der Waals surface area contributed by atoms with Crippen LogP contribution in [0, 0.1) is 16.0 Å². The summed E-state index contributed by atoms with van der Waals surface area (Å²) in [5, 5.41) is 19.0. The first-order chi connectivity index (χ1) is 14.7. The maximum absolute atomic E-state index is 12.8. The Labute approximate surface area is 184 Å². The first kappa shape index (κ1) is 22.4. The number of anilines is 1. The molecule has 31 heavy (non-hydrogen) atoms. The molecule has 0 amide bonds. The van der Waals surface area contributed by atoms with Gasteiger partial charge < -0.3 is 4.74 Å². The van der Waals surface area contributed by atoms with Gasteiger partial charge in [0.15, 0.2) is 0 Å². The molecule has 1 heterocycles. The number of rotatable bonds is 8. The average Bonchev–Trinajstić information content (AvgIpc) is 2.72. The van der Waals surface area contributed by atoms with Gasteiger partial charge in [0.25, 0.3) is 15.7 Å². The number of halogens is 1. The Kier molecular flexibility index (Phi) is 6.71. The topological polar surface area (TPSA) is 124 Å². The van der Waals surface area contributed by atoms with Crippen LogP contribution < -0.4 is 9.46 Å². The fourth-order valence-electron chi connectivity index (χ4n) is 2.57. The summed E-state index contributed by atoms with van der Waals surface area (Å²) in [5.74, 6) is 0.750. The highest BCUT2D eigenvalue weighted by atomic mass is 35.5. The van der Waals surface area contributed by atoms with Crippen molar-refractivity contribution in [2.45, 2.75) is 18.7 Å². The van der Waals surface area contributed by atoms with E-state index in [1.165, 1.54) is 6.07 Å². The van der Waals surface area contributed by atoms with Gasteiger partial charge in [-0.2, -0.15) is 0 Å². The van der Waals surface area contributed by atoms with E-state index in [1.54, 1.807) is 36.4 Å². The van der Waals surface area contributed by atoms with Gasteiger partial charge in [-0.1, -0.05) is 37.6 Å². The molecule has 0 atom stereocenters. The maximum atomic E-state index is 12.8. The standard InChI is InChI=1S/C20H19ClN4O5S/c1-13(2)12-30-20-9-8-18(22-23-20)14-4-3-5-15(10-14)24-31(28,29)19-11-16(25(26)27)6-7-17(19)21/h3-11,13,24H,12H2,1-2H3. The highest BCUT2D eigenvalue weighted by Gasteiger charge is 2.22. The van der Waals surface area contributed by atoms with Crippen molar-refractivity contribution in [2.75, 3.05) is 11.3 Å². The van der Waals surface area contributed by atoms with Crippen molar-refractivity contribution in [1.29, 1.82) is 0 Å². The molecule has 3 aromatic rings. The third-order valence-corrected chi connectivity index (χ3v) is 5.89. The third-order valence-electron chi connectivity index (χ3n) is 4.03. The third kappa shape index (κ3) is 5.68. The van der Waals surface area contributed by atoms with E-state index in [1.807, 2.05) is 13.8 Å². The molecule has 0 aliphatic carbocycles. The van der Waals surface area contributed by atoms with Gasteiger partial charge in [-0.3, -0.25) is 14.8 Å². The lowest BCUT2D eigenvalue weighted by Crippen LogP contribution is -2.14. The summed E-state index contributed by atoms with van der Waals surface area (Å²) in [6, 6.07) is 13.1. The Hall–Kier alpha value is -3.24. The van der Waals surface area contributed by atoms with Crippen LogP contribution in [0.1, 0.15) is 13.8 Å². The highest BCUT2D eigenvalue weighted by molar-refractivity contribution is 7.92. The first-order valence-corrected chi connectivity index (χ1v) is 11.1. The molecule has 0 spiro atoms. The van der Waals surface area contributed by atoms with Crippen molar-refractivity contribution < 1.29 is 18.1 Å². The number of aromatic nitrogens is 2. The van der Waals surface area contributed by atoms with Crippen LogP contribution in [0.3, 0.4) is 0 Å². The monoisotopic (exact) mass is 462 g/mol. The minimum absolute atomic E-state index is 0.128. The van der Waals surface area contributed by atoms with E-state index < -0.39 is 14.9 Å². The average molecular weight is 463 g/mol. The van der Waals surface area contributed by atoms with Crippen LogP contribution >= 0.6 is 11.6 Å². The van der Waals surface area contributed by atoms with Crippen molar-refractivity contribution in [2.24, 2.45) is 5.92 Å². The van der Waals surface area contributed by atoms with Crippen LogP contribution in [0.4, 0.5) is 11.4 Å². The zero-order valence-electron chi connectivity index (χ0n) is 16.6. The fraction of sp³-hybridized carbons (Fsp3) is 0.200. The molecule has 0 saturated heterocycles. The maximum Gasteiger partial charge on any atom is 0.270 e. The normalized spacial score (nSPS) is 11.4. The lowest BCUT2D eigenvalue weighted by atomic mass is 10.1. The van der Waals surface area contributed by atoms with Crippen LogP contribution in [-0.2, 0) is 10.0 Å². The second-order valence-corrected chi connectivity index (χ2v) is 9.08. The number of benzene rings is 2. The number of ether oxygens (including phenoxy) is 1. The summed E-state index contributed by atoms with van der Waals surface area (Å²) in [4.78, 5) is 9.89. The van der Waals surface area contributed by atoms with Crippen molar-refractivity contribution >= 4 is 33.0 Å². The van der Waals surface area contributed by atoms with Gasteiger partial charge >= 0.3 is 0 Å². The molecule has 0 saturated carbocycles. The Morgan fingerprint density at radius 2 is 1.90 bits per heavy atom. The SMILES string of the molecule is CC(C)COc1ccc(-c2cccc(NS(=O)(=O)c3cc([N+](=O)[O-])ccc3Cl)c2)nn1. The van der Waals surface area contributed by atoms with Gasteiger partial charge in [-0.15, -0.1) is 10.2 Å². The number of nitrogens with zero attached hydrogens (tertiary/aromatic N) is 3. The largest absolute Gasteiger partial charge is 0.476 e. The molecule has 3 rings (SSSR count). The van der Waals surface area contributed by atoms with Crippen molar-refractivity contribution in [3.63, 3.8) is 0 Å². The lowest BCUT2D eigenvalue weighted by molar-refractivity contribution is -0.385. The second-order valence-electron chi connectivity index (χ2n) is 7.02. The van der Waals surface area contributed by atoms with Gasteiger partial charge in [0, 0.05) is 29.4 Å². The number of hydrogen-bond acceptors (Lipinski definition) is 7.